The second-order valence-corrected chi connectivity index (χ2v) is 9.25. The molecule has 0 radical (unpaired) electrons. The number of rotatable bonds is 16. The molecule has 0 aromatic heterocycles. The van der Waals surface area contributed by atoms with Gasteiger partial charge in [0, 0.05) is 25.9 Å². The zero-order valence-corrected chi connectivity index (χ0v) is 17.5. The summed E-state index contributed by atoms with van der Waals surface area (Å²) in [4.78, 5) is 0. The number of alkyl halides is 1. The van der Waals surface area contributed by atoms with Crippen LogP contribution >= 0.6 is 22.6 Å². The van der Waals surface area contributed by atoms with Gasteiger partial charge in [-0.25, -0.2) is 0 Å². The van der Waals surface area contributed by atoms with Crippen LogP contribution in [0.5, 0.6) is 0 Å². The Labute approximate surface area is 147 Å². The van der Waals surface area contributed by atoms with Crippen LogP contribution in [0.25, 0.3) is 0 Å². The van der Waals surface area contributed by atoms with E-state index in [-0.39, 0.29) is 0 Å². The first-order valence-electron chi connectivity index (χ1n) is 8.72. The molecule has 128 valence electrons. The lowest BCUT2D eigenvalue weighted by molar-refractivity contribution is 0.0586. The fourth-order valence-corrected chi connectivity index (χ4v) is 5.53. The van der Waals surface area contributed by atoms with E-state index in [1.54, 1.807) is 0 Å². The third kappa shape index (κ3) is 12.0. The van der Waals surface area contributed by atoms with E-state index in [0.717, 1.165) is 45.1 Å². The summed E-state index contributed by atoms with van der Waals surface area (Å²) in [7, 11) is -2.43. The van der Waals surface area contributed by atoms with E-state index in [0.29, 0.717) is 0 Å². The average molecular weight is 430 g/mol. The third-order valence-electron chi connectivity index (χ3n) is 3.19. The molecule has 0 saturated heterocycles. The molecule has 0 saturated carbocycles. The summed E-state index contributed by atoms with van der Waals surface area (Å²) in [5, 5.41) is 0. The monoisotopic (exact) mass is 430 g/mol. The second kappa shape index (κ2) is 15.7. The lowest BCUT2D eigenvalue weighted by Gasteiger charge is -2.29. The van der Waals surface area contributed by atoms with Gasteiger partial charge >= 0.3 is 8.80 Å². The van der Waals surface area contributed by atoms with Crippen LogP contribution < -0.4 is 0 Å². The Morgan fingerprint density at radius 2 is 1.10 bits per heavy atom. The molecule has 0 aliphatic carbocycles. The summed E-state index contributed by atoms with van der Waals surface area (Å²) in [6.07, 6.45) is 9.52. The standard InChI is InChI=1S/C16H35IO3Si/c1-4-13-18-21(19-14-5-2,20-15-6-3)16-11-9-7-8-10-12-17/h4-16H2,1-3H3. The Hall–Kier alpha value is 0.827. The first-order valence-corrected chi connectivity index (χ1v) is 12.2. The highest BCUT2D eigenvalue weighted by Gasteiger charge is 2.40. The van der Waals surface area contributed by atoms with Crippen LogP contribution in [0.2, 0.25) is 6.04 Å². The number of hydrogen-bond donors (Lipinski definition) is 0. The van der Waals surface area contributed by atoms with Crippen molar-refractivity contribution in [3.8, 4) is 0 Å². The lowest BCUT2D eigenvalue weighted by atomic mass is 10.2. The number of hydrogen-bond acceptors (Lipinski definition) is 3. The fraction of sp³-hybridized carbons (Fsp3) is 1.00. The minimum absolute atomic E-state index is 0.758. The minimum Gasteiger partial charge on any atom is -0.373 e. The summed E-state index contributed by atoms with van der Waals surface area (Å²) in [5.74, 6) is 0. The maximum absolute atomic E-state index is 6.10. The van der Waals surface area contributed by atoms with E-state index >= 15 is 0 Å². The molecule has 0 aliphatic heterocycles. The van der Waals surface area contributed by atoms with Crippen molar-refractivity contribution in [1.82, 2.24) is 0 Å². The third-order valence-corrected chi connectivity index (χ3v) is 6.86. The van der Waals surface area contributed by atoms with E-state index < -0.39 is 8.80 Å². The van der Waals surface area contributed by atoms with Crippen molar-refractivity contribution in [2.75, 3.05) is 24.2 Å². The highest BCUT2D eigenvalue weighted by atomic mass is 127. The Bertz CT molecular complexity index is 196. The van der Waals surface area contributed by atoms with E-state index in [1.165, 1.54) is 36.5 Å². The van der Waals surface area contributed by atoms with Crippen LogP contribution in [0.1, 0.15) is 72.1 Å². The minimum atomic E-state index is -2.43. The van der Waals surface area contributed by atoms with Crippen LogP contribution in [-0.2, 0) is 13.3 Å². The van der Waals surface area contributed by atoms with Crippen molar-refractivity contribution in [3.05, 3.63) is 0 Å². The summed E-state index contributed by atoms with van der Waals surface area (Å²) < 4.78 is 19.6. The molecule has 0 heterocycles. The molecular formula is C16H35IO3Si. The molecular weight excluding hydrogens is 395 g/mol. The smallest absolute Gasteiger partial charge is 0.373 e. The zero-order chi connectivity index (χ0) is 15.8. The molecule has 0 aromatic rings. The molecule has 0 spiro atoms. The normalized spacial score (nSPS) is 12.0. The van der Waals surface area contributed by atoms with Crippen molar-refractivity contribution in [1.29, 1.82) is 0 Å². The molecule has 0 aromatic carbocycles. The van der Waals surface area contributed by atoms with Crippen molar-refractivity contribution in [2.24, 2.45) is 0 Å². The van der Waals surface area contributed by atoms with Crippen LogP contribution in [-0.4, -0.2) is 33.1 Å². The largest absolute Gasteiger partial charge is 0.500 e. The number of unbranched alkanes of at least 4 members (excludes halogenated alkanes) is 4. The Kier molecular flexibility index (Phi) is 16.3. The van der Waals surface area contributed by atoms with Gasteiger partial charge in [0.15, 0.2) is 0 Å². The Morgan fingerprint density at radius 3 is 1.52 bits per heavy atom. The molecule has 0 fully saturated rings. The topological polar surface area (TPSA) is 27.7 Å². The van der Waals surface area contributed by atoms with Crippen LogP contribution in [0.4, 0.5) is 0 Å². The predicted octanol–water partition coefficient (Wildman–Crippen LogP) is 5.59. The van der Waals surface area contributed by atoms with E-state index in [4.69, 9.17) is 13.3 Å². The molecule has 0 amide bonds. The molecule has 0 atom stereocenters. The molecule has 3 nitrogen and oxygen atoms in total. The zero-order valence-electron chi connectivity index (χ0n) is 14.3. The first-order chi connectivity index (χ1) is 10.2. The molecule has 0 N–H and O–H groups in total. The van der Waals surface area contributed by atoms with E-state index in [1.807, 2.05) is 0 Å². The molecule has 0 rings (SSSR count). The average Bonchev–Trinajstić information content (AvgIpc) is 2.51. The van der Waals surface area contributed by atoms with Crippen molar-refractivity contribution < 1.29 is 13.3 Å². The summed E-state index contributed by atoms with van der Waals surface area (Å²) in [5.41, 5.74) is 0. The second-order valence-electron chi connectivity index (χ2n) is 5.44. The number of halogens is 1. The van der Waals surface area contributed by atoms with Crippen LogP contribution in [0, 0.1) is 0 Å². The lowest BCUT2D eigenvalue weighted by Crippen LogP contribution is -2.46. The molecule has 5 heteroatoms. The van der Waals surface area contributed by atoms with Gasteiger partial charge < -0.3 is 13.3 Å². The molecule has 0 bridgehead atoms. The van der Waals surface area contributed by atoms with Crippen molar-refractivity contribution >= 4 is 31.4 Å². The van der Waals surface area contributed by atoms with Crippen molar-refractivity contribution in [2.45, 2.75) is 78.2 Å². The van der Waals surface area contributed by atoms with Gasteiger partial charge in [0.1, 0.15) is 0 Å². The van der Waals surface area contributed by atoms with Crippen molar-refractivity contribution in [3.63, 3.8) is 0 Å². The van der Waals surface area contributed by atoms with Gasteiger partial charge in [-0.15, -0.1) is 0 Å². The Balaban J connectivity index is 4.28. The van der Waals surface area contributed by atoms with Gasteiger partial charge in [-0.3, -0.25) is 0 Å². The maximum Gasteiger partial charge on any atom is 0.500 e. The summed E-state index contributed by atoms with van der Waals surface area (Å²) in [6, 6.07) is 0.983. The quantitative estimate of drug-likeness (QED) is 0.138. The molecule has 0 aliphatic rings. The van der Waals surface area contributed by atoms with Gasteiger partial charge in [-0.1, -0.05) is 62.6 Å². The Morgan fingerprint density at radius 1 is 0.667 bits per heavy atom. The van der Waals surface area contributed by atoms with E-state index in [2.05, 4.69) is 43.4 Å². The van der Waals surface area contributed by atoms with Crippen LogP contribution in [0.15, 0.2) is 0 Å². The van der Waals surface area contributed by atoms with Gasteiger partial charge in [0.05, 0.1) is 0 Å². The highest BCUT2D eigenvalue weighted by molar-refractivity contribution is 14.1. The fourth-order valence-electron chi connectivity index (χ4n) is 2.08. The van der Waals surface area contributed by atoms with Gasteiger partial charge in [0.25, 0.3) is 0 Å². The highest BCUT2D eigenvalue weighted by Crippen LogP contribution is 2.21. The maximum atomic E-state index is 6.10. The van der Waals surface area contributed by atoms with Gasteiger partial charge in [-0.2, -0.15) is 0 Å². The SMILES string of the molecule is CCCO[Si](CCCCCCCI)(OCCC)OCCC. The molecule has 21 heavy (non-hydrogen) atoms. The van der Waals surface area contributed by atoms with E-state index in [9.17, 15) is 0 Å². The molecule has 0 unspecified atom stereocenters. The first kappa shape index (κ1) is 21.8. The summed E-state index contributed by atoms with van der Waals surface area (Å²) in [6.45, 7) is 8.70. The van der Waals surface area contributed by atoms with Gasteiger partial charge in [0.2, 0.25) is 0 Å². The predicted molar refractivity (Wildman–Crippen MR) is 101 cm³/mol. The van der Waals surface area contributed by atoms with Gasteiger partial charge in [-0.05, 0) is 36.5 Å². The van der Waals surface area contributed by atoms with Crippen LogP contribution in [0.3, 0.4) is 0 Å². The summed E-state index contributed by atoms with van der Waals surface area (Å²) >= 11 is 2.45.